The number of nitrogens with one attached hydrogen (secondary N) is 2. The molecule has 0 unspecified atom stereocenters. The van der Waals surface area contributed by atoms with Crippen LogP contribution in [0.25, 0.3) is 0 Å². The number of H-pyrrole nitrogens is 1. The van der Waals surface area contributed by atoms with E-state index in [1.54, 1.807) is 7.11 Å². The third kappa shape index (κ3) is 3.37. The van der Waals surface area contributed by atoms with E-state index in [2.05, 4.69) is 15.5 Å². The second kappa shape index (κ2) is 6.05. The molecule has 1 atom stereocenters. The molecule has 118 valence electrons. The minimum atomic E-state index is -0.355. The molecule has 2 rings (SSSR count). The van der Waals surface area contributed by atoms with Crippen LogP contribution in [0.5, 0.6) is 0 Å². The zero-order chi connectivity index (χ0) is 15.6. The van der Waals surface area contributed by atoms with Crippen LogP contribution < -0.4 is 5.32 Å². The highest BCUT2D eigenvalue weighted by Gasteiger charge is 2.33. The molecular weight excluding hydrogens is 268 g/mol. The van der Waals surface area contributed by atoms with Crippen LogP contribution in [-0.2, 0) is 4.74 Å². The Morgan fingerprint density at radius 3 is 2.81 bits per heavy atom. The topological polar surface area (TPSA) is 70.2 Å². The Morgan fingerprint density at radius 2 is 2.24 bits per heavy atom. The average Bonchev–Trinajstić information content (AvgIpc) is 3.03. The summed E-state index contributed by atoms with van der Waals surface area (Å²) in [6, 6.07) is 0.0945. The van der Waals surface area contributed by atoms with E-state index in [4.69, 9.17) is 4.74 Å². The number of urea groups is 1. The molecule has 1 aromatic heterocycles. The van der Waals surface area contributed by atoms with Crippen molar-refractivity contribution in [1.82, 2.24) is 20.4 Å². The largest absolute Gasteiger partial charge is 0.377 e. The molecule has 6 heteroatoms. The first-order valence-electron chi connectivity index (χ1n) is 7.47. The highest BCUT2D eigenvalue weighted by Crippen LogP contribution is 2.34. The maximum Gasteiger partial charge on any atom is 0.318 e. The summed E-state index contributed by atoms with van der Waals surface area (Å²) < 4.78 is 5.34. The molecule has 0 aliphatic carbocycles. The van der Waals surface area contributed by atoms with Crippen molar-refractivity contribution in [1.29, 1.82) is 0 Å². The normalized spacial score (nSPS) is 19.1. The van der Waals surface area contributed by atoms with Crippen molar-refractivity contribution in [2.75, 3.05) is 20.2 Å². The molecule has 0 bridgehead atoms. The molecule has 0 radical (unpaired) electrons. The summed E-state index contributed by atoms with van der Waals surface area (Å²) in [5.41, 5.74) is 2.84. The van der Waals surface area contributed by atoms with Gasteiger partial charge in [0.15, 0.2) is 0 Å². The molecule has 1 aliphatic rings. The van der Waals surface area contributed by atoms with Gasteiger partial charge in [0.25, 0.3) is 0 Å². The van der Waals surface area contributed by atoms with Crippen LogP contribution in [-0.4, -0.2) is 46.9 Å². The fraction of sp³-hybridized carbons (Fsp3) is 0.733. The number of hydrogen-bond acceptors (Lipinski definition) is 3. The monoisotopic (exact) mass is 294 g/mol. The number of ether oxygens (including phenoxy) is 1. The van der Waals surface area contributed by atoms with E-state index in [9.17, 15) is 4.79 Å². The number of hydrogen-bond donors (Lipinski definition) is 2. The summed E-state index contributed by atoms with van der Waals surface area (Å²) >= 11 is 0. The number of carbonyl (C=O) groups excluding carboxylic acids is 1. The van der Waals surface area contributed by atoms with Gasteiger partial charge >= 0.3 is 6.03 Å². The minimum Gasteiger partial charge on any atom is -0.377 e. The maximum atomic E-state index is 12.5. The standard InChI is InChI=1S/C15H26N4O2/c1-10-13(11(2)18-17-10)12-7-6-8-19(12)14(20)16-9-15(3,4)21-5/h12H,6-9H2,1-5H3,(H,16,20)(H,17,18)/t12-/m1/s1. The SMILES string of the molecule is COC(C)(C)CNC(=O)N1CCC[C@@H]1c1c(C)n[nH]c1C. The van der Waals surface area contributed by atoms with Gasteiger partial charge in [0.2, 0.25) is 0 Å². The van der Waals surface area contributed by atoms with Crippen molar-refractivity contribution in [3.8, 4) is 0 Å². The Bertz CT molecular complexity index is 490. The first-order chi connectivity index (χ1) is 9.85. The van der Waals surface area contributed by atoms with Crippen molar-refractivity contribution in [3.05, 3.63) is 17.0 Å². The molecule has 1 aromatic rings. The number of nitrogens with zero attached hydrogens (tertiary/aromatic N) is 2. The van der Waals surface area contributed by atoms with Crippen molar-refractivity contribution in [2.45, 2.75) is 52.2 Å². The summed E-state index contributed by atoms with van der Waals surface area (Å²) in [7, 11) is 1.66. The summed E-state index contributed by atoms with van der Waals surface area (Å²) in [6.45, 7) is 9.19. The van der Waals surface area contributed by atoms with Crippen LogP contribution in [0.1, 0.15) is 49.7 Å². The molecule has 0 aromatic carbocycles. The highest BCUT2D eigenvalue weighted by atomic mass is 16.5. The number of methoxy groups -OCH3 is 1. The summed E-state index contributed by atoms with van der Waals surface area (Å²) in [6.07, 6.45) is 2.01. The van der Waals surface area contributed by atoms with E-state index in [0.717, 1.165) is 36.3 Å². The molecule has 21 heavy (non-hydrogen) atoms. The van der Waals surface area contributed by atoms with Crippen LogP contribution in [0.2, 0.25) is 0 Å². The van der Waals surface area contributed by atoms with E-state index in [-0.39, 0.29) is 17.7 Å². The van der Waals surface area contributed by atoms with Gasteiger partial charge in [-0.2, -0.15) is 5.10 Å². The fourth-order valence-electron chi connectivity index (χ4n) is 2.82. The highest BCUT2D eigenvalue weighted by molar-refractivity contribution is 5.75. The fourth-order valence-corrected chi connectivity index (χ4v) is 2.82. The lowest BCUT2D eigenvalue weighted by molar-refractivity contribution is 0.0242. The average molecular weight is 294 g/mol. The van der Waals surface area contributed by atoms with Crippen molar-refractivity contribution in [3.63, 3.8) is 0 Å². The predicted molar refractivity (Wildman–Crippen MR) is 81.2 cm³/mol. The lowest BCUT2D eigenvalue weighted by Crippen LogP contribution is -2.46. The summed E-state index contributed by atoms with van der Waals surface area (Å²) in [4.78, 5) is 14.4. The Kier molecular flexibility index (Phi) is 4.56. The molecular formula is C15H26N4O2. The van der Waals surface area contributed by atoms with E-state index in [1.807, 2.05) is 32.6 Å². The van der Waals surface area contributed by atoms with E-state index < -0.39 is 0 Å². The Morgan fingerprint density at radius 1 is 1.52 bits per heavy atom. The van der Waals surface area contributed by atoms with E-state index >= 15 is 0 Å². The van der Waals surface area contributed by atoms with Crippen LogP contribution in [0, 0.1) is 13.8 Å². The van der Waals surface area contributed by atoms with Gasteiger partial charge in [0.05, 0.1) is 17.3 Å². The van der Waals surface area contributed by atoms with E-state index in [1.165, 1.54) is 0 Å². The first-order valence-corrected chi connectivity index (χ1v) is 7.47. The third-order valence-electron chi connectivity index (χ3n) is 4.25. The number of aromatic amines is 1. The number of likely N-dealkylation sites (tertiary alicyclic amines) is 1. The van der Waals surface area contributed by atoms with Crippen LogP contribution in [0.4, 0.5) is 4.79 Å². The first kappa shape index (κ1) is 15.8. The zero-order valence-corrected chi connectivity index (χ0v) is 13.6. The molecule has 2 heterocycles. The van der Waals surface area contributed by atoms with Crippen LogP contribution in [0.3, 0.4) is 0 Å². The summed E-state index contributed by atoms with van der Waals surface area (Å²) in [5.74, 6) is 0. The number of rotatable bonds is 4. The molecule has 2 N–H and O–H groups in total. The zero-order valence-electron chi connectivity index (χ0n) is 13.6. The molecule has 0 saturated carbocycles. The van der Waals surface area contributed by atoms with Gasteiger partial charge in [-0.15, -0.1) is 0 Å². The molecule has 1 saturated heterocycles. The predicted octanol–water partition coefficient (Wildman–Crippen LogP) is 2.30. The molecule has 1 fully saturated rings. The van der Waals surface area contributed by atoms with Gasteiger partial charge in [-0.25, -0.2) is 4.79 Å². The summed E-state index contributed by atoms with van der Waals surface area (Å²) in [5, 5.41) is 10.2. The number of carbonyl (C=O) groups is 1. The van der Waals surface area contributed by atoms with Gasteiger partial charge in [0.1, 0.15) is 0 Å². The van der Waals surface area contributed by atoms with E-state index in [0.29, 0.717) is 6.54 Å². The van der Waals surface area contributed by atoms with Crippen molar-refractivity contribution < 1.29 is 9.53 Å². The number of aryl methyl sites for hydroxylation is 2. The van der Waals surface area contributed by atoms with Gasteiger partial charge in [0, 0.05) is 31.5 Å². The van der Waals surface area contributed by atoms with Gasteiger partial charge in [-0.3, -0.25) is 5.10 Å². The quantitative estimate of drug-likeness (QED) is 0.895. The number of amides is 2. The van der Waals surface area contributed by atoms with Crippen LogP contribution >= 0.6 is 0 Å². The maximum absolute atomic E-state index is 12.5. The Balaban J connectivity index is 2.07. The second-order valence-electron chi connectivity index (χ2n) is 6.32. The van der Waals surface area contributed by atoms with Crippen molar-refractivity contribution >= 4 is 6.03 Å². The van der Waals surface area contributed by atoms with Crippen molar-refractivity contribution in [2.24, 2.45) is 0 Å². The smallest absolute Gasteiger partial charge is 0.318 e. The minimum absolute atomic E-state index is 0.0253. The third-order valence-corrected chi connectivity index (χ3v) is 4.25. The Labute approximate surface area is 126 Å². The van der Waals surface area contributed by atoms with Gasteiger partial charge in [-0.1, -0.05) is 0 Å². The molecule has 0 spiro atoms. The molecule has 2 amide bonds. The number of aromatic nitrogens is 2. The lowest BCUT2D eigenvalue weighted by atomic mass is 10.0. The molecule has 6 nitrogen and oxygen atoms in total. The Hall–Kier alpha value is -1.56. The van der Waals surface area contributed by atoms with Gasteiger partial charge < -0.3 is 15.0 Å². The molecule has 1 aliphatic heterocycles. The lowest BCUT2D eigenvalue weighted by Gasteiger charge is -2.28. The van der Waals surface area contributed by atoms with Crippen LogP contribution in [0.15, 0.2) is 0 Å². The van der Waals surface area contributed by atoms with Gasteiger partial charge in [-0.05, 0) is 40.5 Å². The second-order valence-corrected chi connectivity index (χ2v) is 6.32.